The van der Waals surface area contributed by atoms with Gasteiger partial charge in [0.05, 0.1) is 0 Å². The number of likely N-dealkylation sites (N-methyl/N-ethyl adjacent to an activating group) is 1. The Morgan fingerprint density at radius 1 is 1.24 bits per heavy atom. The SMILES string of the molecule is CC1CN(c2ccccc2)CC(CN(C)C)N1. The minimum Gasteiger partial charge on any atom is -0.368 e. The van der Waals surface area contributed by atoms with E-state index < -0.39 is 0 Å². The van der Waals surface area contributed by atoms with Crippen molar-refractivity contribution in [1.82, 2.24) is 10.2 Å². The number of hydrogen-bond donors (Lipinski definition) is 1. The minimum absolute atomic E-state index is 0.550. The van der Waals surface area contributed by atoms with Crippen LogP contribution in [0.25, 0.3) is 0 Å². The zero-order valence-corrected chi connectivity index (χ0v) is 11.1. The molecule has 0 aromatic heterocycles. The lowest BCUT2D eigenvalue weighted by atomic mass is 10.1. The highest BCUT2D eigenvalue weighted by atomic mass is 15.2. The van der Waals surface area contributed by atoms with Crippen molar-refractivity contribution in [1.29, 1.82) is 0 Å². The Hall–Kier alpha value is -1.06. The second-order valence-corrected chi connectivity index (χ2v) is 5.27. The number of para-hydroxylation sites is 1. The maximum atomic E-state index is 3.66. The quantitative estimate of drug-likeness (QED) is 0.852. The molecule has 0 amide bonds. The first-order valence-corrected chi connectivity index (χ1v) is 6.36. The first-order valence-electron chi connectivity index (χ1n) is 6.36. The van der Waals surface area contributed by atoms with Gasteiger partial charge in [-0.15, -0.1) is 0 Å². The molecule has 1 fully saturated rings. The molecule has 1 aromatic carbocycles. The van der Waals surface area contributed by atoms with Gasteiger partial charge in [0, 0.05) is 37.4 Å². The molecule has 2 rings (SSSR count). The van der Waals surface area contributed by atoms with E-state index in [1.165, 1.54) is 5.69 Å². The van der Waals surface area contributed by atoms with E-state index in [1.54, 1.807) is 0 Å². The van der Waals surface area contributed by atoms with Gasteiger partial charge in [-0.2, -0.15) is 0 Å². The van der Waals surface area contributed by atoms with Crippen molar-refractivity contribution >= 4 is 5.69 Å². The number of piperazine rings is 1. The third kappa shape index (κ3) is 3.45. The summed E-state index contributed by atoms with van der Waals surface area (Å²) in [4.78, 5) is 4.73. The van der Waals surface area contributed by atoms with Crippen LogP contribution in [0.4, 0.5) is 5.69 Å². The molecule has 94 valence electrons. The van der Waals surface area contributed by atoms with Crippen LogP contribution < -0.4 is 10.2 Å². The number of nitrogens with one attached hydrogen (secondary N) is 1. The van der Waals surface area contributed by atoms with E-state index in [0.717, 1.165) is 19.6 Å². The smallest absolute Gasteiger partial charge is 0.0373 e. The van der Waals surface area contributed by atoms with Crippen LogP contribution in [0.5, 0.6) is 0 Å². The zero-order valence-electron chi connectivity index (χ0n) is 11.1. The first kappa shape index (κ1) is 12.4. The number of nitrogens with zero attached hydrogens (tertiary/aromatic N) is 2. The van der Waals surface area contributed by atoms with Gasteiger partial charge >= 0.3 is 0 Å². The van der Waals surface area contributed by atoms with Gasteiger partial charge in [-0.05, 0) is 33.2 Å². The summed E-state index contributed by atoms with van der Waals surface area (Å²) in [5, 5.41) is 3.66. The molecule has 1 saturated heterocycles. The predicted octanol–water partition coefficient (Wildman–Crippen LogP) is 1.41. The van der Waals surface area contributed by atoms with E-state index in [2.05, 4.69) is 66.5 Å². The van der Waals surface area contributed by atoms with Gasteiger partial charge in [0.1, 0.15) is 0 Å². The molecule has 2 atom stereocenters. The van der Waals surface area contributed by atoms with Gasteiger partial charge in [-0.25, -0.2) is 0 Å². The Balaban J connectivity index is 2.03. The number of anilines is 1. The average Bonchev–Trinajstić information content (AvgIpc) is 2.28. The lowest BCUT2D eigenvalue weighted by Gasteiger charge is -2.40. The van der Waals surface area contributed by atoms with Crippen LogP contribution in [0.15, 0.2) is 30.3 Å². The molecule has 0 aliphatic carbocycles. The van der Waals surface area contributed by atoms with Crippen LogP contribution in [0.3, 0.4) is 0 Å². The van der Waals surface area contributed by atoms with Gasteiger partial charge in [0.25, 0.3) is 0 Å². The summed E-state index contributed by atoms with van der Waals surface area (Å²) in [6, 6.07) is 11.8. The molecule has 17 heavy (non-hydrogen) atoms. The van der Waals surface area contributed by atoms with E-state index in [4.69, 9.17) is 0 Å². The van der Waals surface area contributed by atoms with Crippen molar-refractivity contribution in [3.8, 4) is 0 Å². The molecule has 1 aromatic rings. The molecule has 3 nitrogen and oxygen atoms in total. The van der Waals surface area contributed by atoms with Crippen molar-refractivity contribution < 1.29 is 0 Å². The Labute approximate surface area is 104 Å². The van der Waals surface area contributed by atoms with Crippen molar-refractivity contribution in [2.45, 2.75) is 19.0 Å². The second-order valence-electron chi connectivity index (χ2n) is 5.27. The van der Waals surface area contributed by atoms with Crippen molar-refractivity contribution in [3.63, 3.8) is 0 Å². The van der Waals surface area contributed by atoms with Crippen LogP contribution >= 0.6 is 0 Å². The van der Waals surface area contributed by atoms with Crippen LogP contribution in [0, 0.1) is 0 Å². The number of hydrogen-bond acceptors (Lipinski definition) is 3. The molecule has 1 aliphatic heterocycles. The Morgan fingerprint density at radius 2 is 1.94 bits per heavy atom. The fourth-order valence-electron chi connectivity index (χ4n) is 2.58. The Morgan fingerprint density at radius 3 is 2.59 bits per heavy atom. The summed E-state index contributed by atoms with van der Waals surface area (Å²) in [7, 11) is 4.27. The third-order valence-corrected chi connectivity index (χ3v) is 3.16. The minimum atomic E-state index is 0.550. The second kappa shape index (κ2) is 5.52. The van der Waals surface area contributed by atoms with E-state index in [9.17, 15) is 0 Å². The van der Waals surface area contributed by atoms with E-state index in [1.807, 2.05) is 0 Å². The fraction of sp³-hybridized carbons (Fsp3) is 0.571. The van der Waals surface area contributed by atoms with Crippen molar-refractivity contribution in [2.75, 3.05) is 38.6 Å². The van der Waals surface area contributed by atoms with E-state index in [0.29, 0.717) is 12.1 Å². The lowest BCUT2D eigenvalue weighted by molar-refractivity contribution is 0.297. The van der Waals surface area contributed by atoms with Gasteiger partial charge < -0.3 is 15.1 Å². The summed E-state index contributed by atoms with van der Waals surface area (Å²) >= 11 is 0. The predicted molar refractivity (Wildman–Crippen MR) is 73.6 cm³/mol. The molecule has 3 heteroatoms. The maximum Gasteiger partial charge on any atom is 0.0373 e. The van der Waals surface area contributed by atoms with E-state index >= 15 is 0 Å². The largest absolute Gasteiger partial charge is 0.368 e. The Bertz CT molecular complexity index is 335. The lowest BCUT2D eigenvalue weighted by Crippen LogP contribution is -2.58. The van der Waals surface area contributed by atoms with Crippen LogP contribution in [0.1, 0.15) is 6.92 Å². The topological polar surface area (TPSA) is 18.5 Å². The number of rotatable bonds is 3. The molecule has 1 heterocycles. The molecular formula is C14H23N3. The Kier molecular flexibility index (Phi) is 4.02. The van der Waals surface area contributed by atoms with E-state index in [-0.39, 0.29) is 0 Å². The van der Waals surface area contributed by atoms with Gasteiger partial charge in [-0.1, -0.05) is 18.2 Å². The summed E-state index contributed by atoms with van der Waals surface area (Å²) in [6.45, 7) is 5.53. The monoisotopic (exact) mass is 233 g/mol. The summed E-state index contributed by atoms with van der Waals surface area (Å²) in [5.74, 6) is 0. The van der Waals surface area contributed by atoms with Crippen LogP contribution in [0.2, 0.25) is 0 Å². The summed E-state index contributed by atoms with van der Waals surface area (Å²) < 4.78 is 0. The van der Waals surface area contributed by atoms with Crippen LogP contribution in [-0.4, -0.2) is 50.7 Å². The average molecular weight is 233 g/mol. The van der Waals surface area contributed by atoms with Gasteiger partial charge in [0.15, 0.2) is 0 Å². The molecule has 0 radical (unpaired) electrons. The standard InChI is InChI=1S/C14H23N3/c1-12-9-17(14-7-5-4-6-8-14)11-13(15-12)10-16(2)3/h4-8,12-13,15H,9-11H2,1-3H3. The van der Waals surface area contributed by atoms with Crippen LogP contribution in [-0.2, 0) is 0 Å². The highest BCUT2D eigenvalue weighted by molar-refractivity contribution is 5.46. The first-order chi connectivity index (χ1) is 8.15. The summed E-state index contributed by atoms with van der Waals surface area (Å²) in [6.07, 6.45) is 0. The molecule has 1 aliphatic rings. The highest BCUT2D eigenvalue weighted by Gasteiger charge is 2.24. The zero-order chi connectivity index (χ0) is 12.3. The van der Waals surface area contributed by atoms with Gasteiger partial charge in [0.2, 0.25) is 0 Å². The third-order valence-electron chi connectivity index (χ3n) is 3.16. The molecule has 0 bridgehead atoms. The molecule has 1 N–H and O–H groups in total. The molecular weight excluding hydrogens is 210 g/mol. The maximum absolute atomic E-state index is 3.66. The van der Waals surface area contributed by atoms with Gasteiger partial charge in [-0.3, -0.25) is 0 Å². The fourth-order valence-corrected chi connectivity index (χ4v) is 2.58. The number of benzene rings is 1. The molecule has 0 spiro atoms. The molecule has 0 saturated carbocycles. The molecule has 2 unspecified atom stereocenters. The normalized spacial score (nSPS) is 25.3. The van der Waals surface area contributed by atoms with Crippen molar-refractivity contribution in [3.05, 3.63) is 30.3 Å². The summed E-state index contributed by atoms with van der Waals surface area (Å²) in [5.41, 5.74) is 1.34. The van der Waals surface area contributed by atoms with Crippen molar-refractivity contribution in [2.24, 2.45) is 0 Å². The highest BCUT2D eigenvalue weighted by Crippen LogP contribution is 2.17.